The molecule has 30 heavy (non-hydrogen) atoms. The van der Waals surface area contributed by atoms with Crippen molar-refractivity contribution in [2.24, 2.45) is 11.8 Å². The number of piperazine rings is 1. The molecule has 4 fully saturated rings. The molecule has 2 bridgehead atoms. The van der Waals surface area contributed by atoms with Gasteiger partial charge < -0.3 is 9.80 Å². The first kappa shape index (κ1) is 19.4. The maximum absolute atomic E-state index is 13.5. The lowest BCUT2D eigenvalue weighted by Gasteiger charge is -2.36. The van der Waals surface area contributed by atoms with Crippen molar-refractivity contribution in [1.29, 1.82) is 5.26 Å². The van der Waals surface area contributed by atoms with Gasteiger partial charge in [-0.15, -0.1) is 0 Å². The zero-order chi connectivity index (χ0) is 21.2. The Labute approximate surface area is 174 Å². The number of benzene rings is 1. The second-order valence-electron chi connectivity index (χ2n) is 9.19. The number of hydrogen-bond acceptors (Lipinski definition) is 4. The Balaban J connectivity index is 1.21. The van der Waals surface area contributed by atoms with Crippen LogP contribution >= 0.6 is 0 Å². The van der Waals surface area contributed by atoms with Gasteiger partial charge in [0.2, 0.25) is 11.8 Å². The van der Waals surface area contributed by atoms with Crippen LogP contribution in [0, 0.1) is 34.8 Å². The van der Waals surface area contributed by atoms with Crippen molar-refractivity contribution in [2.45, 2.75) is 56.9 Å². The molecular weight excluding hydrogens is 390 g/mol. The van der Waals surface area contributed by atoms with E-state index < -0.39 is 11.6 Å². The van der Waals surface area contributed by atoms with E-state index in [1.165, 1.54) is 12.1 Å². The molecule has 1 aliphatic carbocycles. The van der Waals surface area contributed by atoms with Crippen LogP contribution in [0.15, 0.2) is 18.2 Å². The van der Waals surface area contributed by atoms with E-state index in [2.05, 4.69) is 11.0 Å². The average Bonchev–Trinajstić information content (AvgIpc) is 3.04. The molecule has 3 saturated heterocycles. The first-order chi connectivity index (χ1) is 14.4. The van der Waals surface area contributed by atoms with E-state index in [0.717, 1.165) is 18.9 Å². The van der Waals surface area contributed by atoms with E-state index in [4.69, 9.17) is 0 Å². The van der Waals surface area contributed by atoms with Crippen molar-refractivity contribution in [2.75, 3.05) is 13.1 Å². The minimum atomic E-state index is -0.647. The third-order valence-electron chi connectivity index (χ3n) is 7.10. The van der Waals surface area contributed by atoms with Gasteiger partial charge in [-0.25, -0.2) is 8.78 Å². The van der Waals surface area contributed by atoms with Gasteiger partial charge in [-0.2, -0.15) is 5.26 Å². The zero-order valence-corrected chi connectivity index (χ0v) is 16.8. The molecule has 1 aromatic carbocycles. The van der Waals surface area contributed by atoms with E-state index in [9.17, 15) is 23.6 Å². The van der Waals surface area contributed by atoms with Crippen LogP contribution in [-0.4, -0.2) is 63.8 Å². The monoisotopic (exact) mass is 414 g/mol. The van der Waals surface area contributed by atoms with E-state index >= 15 is 0 Å². The maximum atomic E-state index is 13.5. The van der Waals surface area contributed by atoms with Gasteiger partial charge in [0, 0.05) is 43.7 Å². The van der Waals surface area contributed by atoms with Crippen LogP contribution in [0.2, 0.25) is 0 Å². The van der Waals surface area contributed by atoms with Crippen molar-refractivity contribution in [3.05, 3.63) is 35.4 Å². The average molecular weight is 414 g/mol. The minimum Gasteiger partial charge on any atom is -0.333 e. The lowest BCUT2D eigenvalue weighted by molar-refractivity contribution is -0.141. The Kier molecular flexibility index (Phi) is 4.55. The smallest absolute Gasteiger partial charge is 0.240 e. The van der Waals surface area contributed by atoms with Gasteiger partial charge >= 0.3 is 0 Å². The summed E-state index contributed by atoms with van der Waals surface area (Å²) in [5.74, 6) is -1.13. The molecule has 3 heterocycles. The number of rotatable bonds is 5. The van der Waals surface area contributed by atoms with Gasteiger partial charge in [0.05, 0.1) is 12.1 Å². The lowest BCUT2D eigenvalue weighted by atomic mass is 10.1. The molecule has 1 aromatic rings. The standard InChI is InChI=1S/C22H24F2N4O2/c1-12(21(29)28-17(8-25)4-14-5-19(14)28)9-26-11-18-7-20(26)22(30)27(18)10-13-2-15(23)6-16(24)3-13/h2-3,6,12,14,17-20H,4-5,7,9-11H2,1H3/t12-,14+,17-,18-,19-,20-/m0/s1. The normalized spacial score (nSPS) is 33.0. The molecule has 0 unspecified atom stereocenters. The fourth-order valence-electron chi connectivity index (χ4n) is 5.61. The van der Waals surface area contributed by atoms with Crippen LogP contribution in [0.25, 0.3) is 0 Å². The molecule has 0 N–H and O–H groups in total. The molecule has 2 amide bonds. The third kappa shape index (κ3) is 3.16. The van der Waals surface area contributed by atoms with Crippen LogP contribution in [0.3, 0.4) is 0 Å². The van der Waals surface area contributed by atoms with Crippen LogP contribution in [0.4, 0.5) is 8.78 Å². The highest BCUT2D eigenvalue weighted by Gasteiger charge is 2.55. The highest BCUT2D eigenvalue weighted by Crippen LogP contribution is 2.48. The topological polar surface area (TPSA) is 67.7 Å². The van der Waals surface area contributed by atoms with Crippen molar-refractivity contribution >= 4 is 11.8 Å². The van der Waals surface area contributed by atoms with Gasteiger partial charge in [0.1, 0.15) is 17.7 Å². The number of carbonyl (C=O) groups excluding carboxylic acids is 2. The summed E-state index contributed by atoms with van der Waals surface area (Å²) in [6.45, 7) is 3.20. The predicted octanol–water partition coefficient (Wildman–Crippen LogP) is 1.90. The highest BCUT2D eigenvalue weighted by molar-refractivity contribution is 5.86. The number of likely N-dealkylation sites (tertiary alicyclic amines) is 3. The zero-order valence-electron chi connectivity index (χ0n) is 16.8. The van der Waals surface area contributed by atoms with Gasteiger partial charge in [-0.05, 0) is 42.9 Å². The Morgan fingerprint density at radius 1 is 1.23 bits per heavy atom. The van der Waals surface area contributed by atoms with E-state index in [0.29, 0.717) is 31.0 Å². The Morgan fingerprint density at radius 2 is 1.97 bits per heavy atom. The Hall–Kier alpha value is -2.53. The lowest BCUT2D eigenvalue weighted by Crippen LogP contribution is -2.52. The summed E-state index contributed by atoms with van der Waals surface area (Å²) in [5.41, 5.74) is 0.444. The molecule has 0 aromatic heterocycles. The molecule has 0 spiro atoms. The summed E-state index contributed by atoms with van der Waals surface area (Å²) in [4.78, 5) is 31.4. The van der Waals surface area contributed by atoms with Crippen molar-refractivity contribution in [3.63, 3.8) is 0 Å². The molecule has 5 rings (SSSR count). The first-order valence-corrected chi connectivity index (χ1v) is 10.6. The van der Waals surface area contributed by atoms with Crippen LogP contribution in [0.1, 0.15) is 31.7 Å². The fraction of sp³-hybridized carbons (Fsp3) is 0.591. The maximum Gasteiger partial charge on any atom is 0.240 e. The van der Waals surface area contributed by atoms with E-state index in [1.54, 1.807) is 9.80 Å². The minimum absolute atomic E-state index is 0.00821. The molecule has 6 atom stereocenters. The molecule has 3 aliphatic heterocycles. The number of fused-ring (bicyclic) bond motifs is 3. The highest BCUT2D eigenvalue weighted by atomic mass is 19.1. The Morgan fingerprint density at radius 3 is 2.63 bits per heavy atom. The predicted molar refractivity (Wildman–Crippen MR) is 103 cm³/mol. The third-order valence-corrected chi connectivity index (χ3v) is 7.10. The Bertz CT molecular complexity index is 927. The van der Waals surface area contributed by atoms with Crippen LogP contribution in [0.5, 0.6) is 0 Å². The van der Waals surface area contributed by atoms with Crippen molar-refractivity contribution in [1.82, 2.24) is 14.7 Å². The molecule has 6 nitrogen and oxygen atoms in total. The molecular formula is C22H24F2N4O2. The van der Waals surface area contributed by atoms with Gasteiger partial charge in [-0.3, -0.25) is 14.5 Å². The summed E-state index contributed by atoms with van der Waals surface area (Å²) in [5, 5.41) is 9.34. The summed E-state index contributed by atoms with van der Waals surface area (Å²) >= 11 is 0. The molecule has 4 aliphatic rings. The quantitative estimate of drug-likeness (QED) is 0.738. The van der Waals surface area contributed by atoms with Crippen LogP contribution < -0.4 is 0 Å². The summed E-state index contributed by atoms with van der Waals surface area (Å²) < 4.78 is 26.9. The first-order valence-electron chi connectivity index (χ1n) is 10.6. The van der Waals surface area contributed by atoms with E-state index in [1.807, 2.05) is 6.92 Å². The van der Waals surface area contributed by atoms with Crippen molar-refractivity contribution in [3.8, 4) is 6.07 Å². The number of halogens is 2. The number of hydrogen-bond donors (Lipinski definition) is 0. The molecule has 8 heteroatoms. The summed E-state index contributed by atoms with van der Waals surface area (Å²) in [7, 11) is 0. The number of amides is 2. The van der Waals surface area contributed by atoms with Gasteiger partial charge in [0.25, 0.3) is 0 Å². The second kappa shape index (κ2) is 7.02. The van der Waals surface area contributed by atoms with Crippen LogP contribution in [-0.2, 0) is 16.1 Å². The second-order valence-corrected chi connectivity index (χ2v) is 9.19. The van der Waals surface area contributed by atoms with Gasteiger partial charge in [-0.1, -0.05) is 6.92 Å². The SMILES string of the molecule is C[C@@H](CN1C[C@@H]2C[C@H]1C(=O)N2Cc1cc(F)cc(F)c1)C(=O)N1[C@H](C#N)C[C@@H]2C[C@@H]21. The summed E-state index contributed by atoms with van der Waals surface area (Å²) in [6.07, 6.45) is 2.45. The number of carbonyl (C=O) groups is 2. The molecule has 0 radical (unpaired) electrons. The number of nitrogens with zero attached hydrogens (tertiary/aromatic N) is 4. The van der Waals surface area contributed by atoms with E-state index in [-0.39, 0.29) is 48.4 Å². The number of piperidine rings is 1. The summed E-state index contributed by atoms with van der Waals surface area (Å²) in [6, 6.07) is 5.20. The van der Waals surface area contributed by atoms with Crippen molar-refractivity contribution < 1.29 is 18.4 Å². The molecule has 1 saturated carbocycles. The molecule has 158 valence electrons. The van der Waals surface area contributed by atoms with Gasteiger partial charge in [0.15, 0.2) is 0 Å². The largest absolute Gasteiger partial charge is 0.333 e. The number of nitriles is 1. The fourth-order valence-corrected chi connectivity index (χ4v) is 5.61.